The first kappa shape index (κ1) is 9.51. The van der Waals surface area contributed by atoms with E-state index in [-0.39, 0.29) is 0 Å². The van der Waals surface area contributed by atoms with Crippen molar-refractivity contribution in [2.24, 2.45) is 0 Å². The normalized spacial score (nSPS) is 11.7. The molecule has 1 aromatic heterocycles. The Bertz CT molecular complexity index is 272. The number of aromatic nitrogens is 1. The van der Waals surface area contributed by atoms with Crippen LogP contribution >= 0.6 is 15.9 Å². The van der Waals surface area contributed by atoms with Crippen LogP contribution in [0, 0.1) is 0 Å². The van der Waals surface area contributed by atoms with Crippen LogP contribution in [0.2, 0.25) is 0 Å². The standard InChI is InChI=1S/C7H5BrF3N/c8-2-5-1-6(4-12-3-5)7(9,10)11/h1,3-4H,2H2. The fourth-order valence-electron chi connectivity index (χ4n) is 0.716. The summed E-state index contributed by atoms with van der Waals surface area (Å²) in [6, 6.07) is 1.07. The van der Waals surface area contributed by atoms with Crippen molar-refractivity contribution in [3.05, 3.63) is 29.6 Å². The third-order valence-corrected chi connectivity index (χ3v) is 1.92. The summed E-state index contributed by atoms with van der Waals surface area (Å²) in [6.45, 7) is 0. The van der Waals surface area contributed by atoms with E-state index in [4.69, 9.17) is 0 Å². The molecule has 0 radical (unpaired) electrons. The molecular formula is C7H5BrF3N. The number of hydrogen-bond acceptors (Lipinski definition) is 1. The van der Waals surface area contributed by atoms with Crippen LogP contribution in [0.4, 0.5) is 13.2 Å². The highest BCUT2D eigenvalue weighted by Gasteiger charge is 2.30. The Morgan fingerprint density at radius 1 is 1.33 bits per heavy atom. The highest BCUT2D eigenvalue weighted by Crippen LogP contribution is 2.29. The van der Waals surface area contributed by atoms with E-state index in [1.807, 2.05) is 0 Å². The molecule has 5 heteroatoms. The molecule has 1 rings (SSSR count). The first-order valence-corrected chi connectivity index (χ1v) is 4.23. The van der Waals surface area contributed by atoms with Crippen LogP contribution in [-0.4, -0.2) is 4.98 Å². The maximum absolute atomic E-state index is 12.0. The predicted octanol–water partition coefficient (Wildman–Crippen LogP) is 3.00. The Morgan fingerprint density at radius 2 is 2.00 bits per heavy atom. The molecule has 0 bridgehead atoms. The number of halogens is 4. The zero-order valence-corrected chi connectivity index (χ0v) is 7.48. The number of alkyl halides is 4. The molecule has 0 aliphatic carbocycles. The maximum atomic E-state index is 12.0. The molecule has 1 nitrogen and oxygen atoms in total. The SMILES string of the molecule is FC(F)(F)c1cncc(CBr)c1. The van der Waals surface area contributed by atoms with Crippen molar-refractivity contribution in [1.82, 2.24) is 4.98 Å². The van der Waals surface area contributed by atoms with Gasteiger partial charge in [0.05, 0.1) is 5.56 Å². The monoisotopic (exact) mass is 239 g/mol. The van der Waals surface area contributed by atoms with Crippen molar-refractivity contribution in [3.8, 4) is 0 Å². The third-order valence-electron chi connectivity index (χ3n) is 1.28. The largest absolute Gasteiger partial charge is 0.417 e. The van der Waals surface area contributed by atoms with Gasteiger partial charge in [0.25, 0.3) is 0 Å². The van der Waals surface area contributed by atoms with E-state index in [1.165, 1.54) is 6.20 Å². The minimum atomic E-state index is -4.30. The van der Waals surface area contributed by atoms with Gasteiger partial charge in [-0.05, 0) is 11.6 Å². The topological polar surface area (TPSA) is 12.9 Å². The van der Waals surface area contributed by atoms with Crippen LogP contribution in [0.1, 0.15) is 11.1 Å². The molecule has 0 atom stereocenters. The second kappa shape index (κ2) is 3.43. The van der Waals surface area contributed by atoms with E-state index in [9.17, 15) is 13.2 Å². The average molecular weight is 240 g/mol. The van der Waals surface area contributed by atoms with E-state index in [0.717, 1.165) is 12.3 Å². The van der Waals surface area contributed by atoms with Crippen molar-refractivity contribution >= 4 is 15.9 Å². The van der Waals surface area contributed by atoms with Crippen LogP contribution in [0.25, 0.3) is 0 Å². The lowest BCUT2D eigenvalue weighted by Gasteiger charge is -2.05. The molecule has 12 heavy (non-hydrogen) atoms. The maximum Gasteiger partial charge on any atom is 0.417 e. The van der Waals surface area contributed by atoms with E-state index in [0.29, 0.717) is 10.9 Å². The van der Waals surface area contributed by atoms with Gasteiger partial charge in [-0.1, -0.05) is 15.9 Å². The Morgan fingerprint density at radius 3 is 2.50 bits per heavy atom. The van der Waals surface area contributed by atoms with Crippen molar-refractivity contribution in [2.45, 2.75) is 11.5 Å². The van der Waals surface area contributed by atoms with Crippen molar-refractivity contribution in [3.63, 3.8) is 0 Å². The van der Waals surface area contributed by atoms with Gasteiger partial charge in [-0.3, -0.25) is 4.98 Å². The Labute approximate surface area is 75.7 Å². The van der Waals surface area contributed by atoms with E-state index >= 15 is 0 Å². The smallest absolute Gasteiger partial charge is 0.264 e. The molecule has 0 amide bonds. The molecule has 0 aliphatic rings. The highest BCUT2D eigenvalue weighted by molar-refractivity contribution is 9.08. The molecule has 0 spiro atoms. The van der Waals surface area contributed by atoms with Crippen molar-refractivity contribution in [1.29, 1.82) is 0 Å². The molecule has 1 aromatic rings. The van der Waals surface area contributed by atoms with Gasteiger partial charge in [-0.15, -0.1) is 0 Å². The van der Waals surface area contributed by atoms with E-state index < -0.39 is 11.7 Å². The van der Waals surface area contributed by atoms with Gasteiger partial charge in [0.1, 0.15) is 0 Å². The summed E-state index contributed by atoms with van der Waals surface area (Å²) in [7, 11) is 0. The summed E-state index contributed by atoms with van der Waals surface area (Å²) < 4.78 is 36.1. The van der Waals surface area contributed by atoms with Gasteiger partial charge in [-0.25, -0.2) is 0 Å². The Kier molecular flexibility index (Phi) is 2.72. The summed E-state index contributed by atoms with van der Waals surface area (Å²) in [5.41, 5.74) is -0.190. The van der Waals surface area contributed by atoms with E-state index in [1.54, 1.807) is 0 Å². The van der Waals surface area contributed by atoms with E-state index in [2.05, 4.69) is 20.9 Å². The van der Waals surface area contributed by atoms with Crippen LogP contribution in [0.5, 0.6) is 0 Å². The van der Waals surface area contributed by atoms with Crippen LogP contribution in [0.15, 0.2) is 18.5 Å². The third kappa shape index (κ3) is 2.20. The highest BCUT2D eigenvalue weighted by atomic mass is 79.9. The molecule has 0 aliphatic heterocycles. The number of nitrogens with zero attached hydrogens (tertiary/aromatic N) is 1. The lowest BCUT2D eigenvalue weighted by atomic mass is 10.2. The van der Waals surface area contributed by atoms with Gasteiger partial charge < -0.3 is 0 Å². The number of hydrogen-bond donors (Lipinski definition) is 0. The molecule has 0 unspecified atom stereocenters. The second-order valence-corrected chi connectivity index (χ2v) is 2.77. The predicted molar refractivity (Wildman–Crippen MR) is 41.9 cm³/mol. The number of pyridine rings is 1. The van der Waals surface area contributed by atoms with Crippen LogP contribution in [-0.2, 0) is 11.5 Å². The quantitative estimate of drug-likeness (QED) is 0.687. The fourth-order valence-corrected chi connectivity index (χ4v) is 1.02. The van der Waals surface area contributed by atoms with Gasteiger partial charge in [0, 0.05) is 17.7 Å². The molecule has 0 aromatic carbocycles. The summed E-state index contributed by atoms with van der Waals surface area (Å²) in [4.78, 5) is 3.47. The Hall–Kier alpha value is -0.580. The van der Waals surface area contributed by atoms with Gasteiger partial charge in [0.2, 0.25) is 0 Å². The first-order chi connectivity index (χ1) is 5.54. The number of rotatable bonds is 1. The molecule has 0 fully saturated rings. The van der Waals surface area contributed by atoms with Crippen LogP contribution in [0.3, 0.4) is 0 Å². The van der Waals surface area contributed by atoms with Crippen molar-refractivity contribution < 1.29 is 13.2 Å². The lowest BCUT2D eigenvalue weighted by molar-refractivity contribution is -0.137. The molecule has 1 heterocycles. The molecular weight excluding hydrogens is 235 g/mol. The van der Waals surface area contributed by atoms with Gasteiger partial charge in [-0.2, -0.15) is 13.2 Å². The zero-order valence-electron chi connectivity index (χ0n) is 5.90. The molecule has 0 saturated carbocycles. The molecule has 66 valence electrons. The lowest BCUT2D eigenvalue weighted by Crippen LogP contribution is -2.05. The molecule has 0 saturated heterocycles. The summed E-state index contributed by atoms with van der Waals surface area (Å²) >= 11 is 3.05. The van der Waals surface area contributed by atoms with Gasteiger partial charge in [0.15, 0.2) is 0 Å². The minimum absolute atomic E-state index is 0.379. The fraction of sp³-hybridized carbons (Fsp3) is 0.286. The first-order valence-electron chi connectivity index (χ1n) is 3.11. The van der Waals surface area contributed by atoms with Gasteiger partial charge >= 0.3 is 6.18 Å². The zero-order chi connectivity index (χ0) is 9.19. The Balaban J connectivity index is 3.02. The summed E-state index contributed by atoms with van der Waals surface area (Å²) in [6.07, 6.45) is -2.10. The minimum Gasteiger partial charge on any atom is -0.264 e. The molecule has 0 N–H and O–H groups in total. The average Bonchev–Trinajstić information content (AvgIpc) is 2.03. The summed E-state index contributed by atoms with van der Waals surface area (Å²) in [5.74, 6) is 0. The van der Waals surface area contributed by atoms with Crippen LogP contribution < -0.4 is 0 Å². The van der Waals surface area contributed by atoms with Crippen molar-refractivity contribution in [2.75, 3.05) is 0 Å². The summed E-state index contributed by atoms with van der Waals surface area (Å²) in [5, 5.41) is 0.379. The second-order valence-electron chi connectivity index (χ2n) is 2.21.